The van der Waals surface area contributed by atoms with Crippen molar-refractivity contribution in [1.29, 1.82) is 0 Å². The van der Waals surface area contributed by atoms with E-state index in [-0.39, 0.29) is 18.9 Å². The van der Waals surface area contributed by atoms with E-state index in [0.717, 1.165) is 46.4 Å². The highest BCUT2D eigenvalue weighted by molar-refractivity contribution is 6.01. The Hall–Kier alpha value is -3.21. The number of anilines is 1. The maximum Gasteiger partial charge on any atom is 0.322 e. The van der Waals surface area contributed by atoms with Crippen LogP contribution in [-0.4, -0.2) is 23.8 Å². The van der Waals surface area contributed by atoms with E-state index >= 15 is 0 Å². The first-order valence-corrected chi connectivity index (χ1v) is 10.7. The Morgan fingerprint density at radius 2 is 1.73 bits per heavy atom. The Kier molecular flexibility index (Phi) is 5.18. The number of amides is 2. The van der Waals surface area contributed by atoms with Crippen LogP contribution in [0.3, 0.4) is 0 Å². The van der Waals surface area contributed by atoms with E-state index in [9.17, 15) is 4.79 Å². The number of nitrogens with zero attached hydrogens (tertiary/aromatic N) is 1. The van der Waals surface area contributed by atoms with Gasteiger partial charge in [-0.25, -0.2) is 4.79 Å². The zero-order valence-corrected chi connectivity index (χ0v) is 17.0. The number of fused-ring (bicyclic) bond motifs is 2. The second-order valence-electron chi connectivity index (χ2n) is 8.06. The number of ether oxygens (including phenoxy) is 2. The third-order valence-electron chi connectivity index (χ3n) is 6.10. The molecule has 30 heavy (non-hydrogen) atoms. The molecule has 0 atom stereocenters. The maximum absolute atomic E-state index is 13.5. The lowest BCUT2D eigenvalue weighted by atomic mass is 9.94. The Labute approximate surface area is 176 Å². The molecule has 5 nitrogen and oxygen atoms in total. The van der Waals surface area contributed by atoms with Gasteiger partial charge in [0.2, 0.25) is 6.79 Å². The van der Waals surface area contributed by atoms with Gasteiger partial charge in [0, 0.05) is 18.0 Å². The third kappa shape index (κ3) is 3.80. The van der Waals surface area contributed by atoms with Crippen molar-refractivity contribution in [3.8, 4) is 11.5 Å². The molecule has 0 aromatic heterocycles. The standard InChI is InChI=1S/C25H26N2O3/c28-25(26-22-12-6-8-19-7-4-5-11-21(19)22)27(20-9-2-1-3-10-20)16-18-13-14-23-24(15-18)30-17-29-23/h4-8,11-15,20H,1-3,9-10,16-17H2,(H,26,28). The molecular formula is C25H26N2O3. The van der Waals surface area contributed by atoms with Crippen LogP contribution < -0.4 is 14.8 Å². The fraction of sp³-hybridized carbons (Fsp3) is 0.320. The van der Waals surface area contributed by atoms with Gasteiger partial charge in [-0.3, -0.25) is 0 Å². The molecule has 1 saturated carbocycles. The summed E-state index contributed by atoms with van der Waals surface area (Å²) in [6.07, 6.45) is 5.69. The molecule has 2 amide bonds. The van der Waals surface area contributed by atoms with Crippen LogP contribution in [0, 0.1) is 0 Å². The van der Waals surface area contributed by atoms with Crippen LogP contribution in [0.25, 0.3) is 10.8 Å². The highest BCUT2D eigenvalue weighted by Gasteiger charge is 2.26. The van der Waals surface area contributed by atoms with Gasteiger partial charge in [-0.15, -0.1) is 0 Å². The predicted molar refractivity (Wildman–Crippen MR) is 118 cm³/mol. The van der Waals surface area contributed by atoms with Gasteiger partial charge in [-0.2, -0.15) is 0 Å². The average Bonchev–Trinajstić information content (AvgIpc) is 3.26. The van der Waals surface area contributed by atoms with Crippen molar-refractivity contribution in [1.82, 2.24) is 4.90 Å². The van der Waals surface area contributed by atoms with Gasteiger partial charge in [-0.1, -0.05) is 61.7 Å². The van der Waals surface area contributed by atoms with E-state index in [1.54, 1.807) is 0 Å². The molecule has 5 heteroatoms. The second kappa shape index (κ2) is 8.27. The van der Waals surface area contributed by atoms with Crippen LogP contribution in [0.1, 0.15) is 37.7 Å². The van der Waals surface area contributed by atoms with E-state index < -0.39 is 0 Å². The molecule has 5 rings (SSSR count). The summed E-state index contributed by atoms with van der Waals surface area (Å²) in [5.74, 6) is 1.52. The van der Waals surface area contributed by atoms with Crippen molar-refractivity contribution in [3.05, 3.63) is 66.2 Å². The van der Waals surface area contributed by atoms with Gasteiger partial charge in [-0.05, 0) is 42.0 Å². The summed E-state index contributed by atoms with van der Waals surface area (Å²) >= 11 is 0. The van der Waals surface area contributed by atoms with Crippen LogP contribution in [0.15, 0.2) is 60.7 Å². The minimum atomic E-state index is -0.0454. The fourth-order valence-corrected chi connectivity index (χ4v) is 4.52. The number of rotatable bonds is 4. The lowest BCUT2D eigenvalue weighted by Gasteiger charge is -2.34. The van der Waals surface area contributed by atoms with Gasteiger partial charge in [0.25, 0.3) is 0 Å². The molecule has 1 N–H and O–H groups in total. The van der Waals surface area contributed by atoms with Crippen molar-refractivity contribution in [2.45, 2.75) is 44.7 Å². The summed E-state index contributed by atoms with van der Waals surface area (Å²) < 4.78 is 11.0. The predicted octanol–water partition coefficient (Wildman–Crippen LogP) is 5.94. The Morgan fingerprint density at radius 1 is 0.933 bits per heavy atom. The second-order valence-corrected chi connectivity index (χ2v) is 8.06. The summed E-state index contributed by atoms with van der Waals surface area (Å²) in [7, 11) is 0. The van der Waals surface area contributed by atoms with Crippen LogP contribution in [0.2, 0.25) is 0 Å². The normalized spacial score (nSPS) is 15.9. The molecule has 154 valence electrons. The Balaban J connectivity index is 1.41. The van der Waals surface area contributed by atoms with Crippen molar-refractivity contribution in [3.63, 3.8) is 0 Å². The Morgan fingerprint density at radius 3 is 2.63 bits per heavy atom. The summed E-state index contributed by atoms with van der Waals surface area (Å²) in [5.41, 5.74) is 1.91. The van der Waals surface area contributed by atoms with Crippen molar-refractivity contribution < 1.29 is 14.3 Å². The average molecular weight is 402 g/mol. The summed E-state index contributed by atoms with van der Waals surface area (Å²) in [6, 6.07) is 20.3. The molecule has 3 aromatic rings. The molecule has 1 fully saturated rings. The first kappa shape index (κ1) is 18.8. The van der Waals surface area contributed by atoms with Crippen molar-refractivity contribution in [2.24, 2.45) is 0 Å². The molecular weight excluding hydrogens is 376 g/mol. The largest absolute Gasteiger partial charge is 0.454 e. The topological polar surface area (TPSA) is 50.8 Å². The molecule has 0 radical (unpaired) electrons. The molecule has 1 heterocycles. The van der Waals surface area contributed by atoms with E-state index in [1.807, 2.05) is 53.4 Å². The molecule has 2 aliphatic rings. The van der Waals surface area contributed by atoms with E-state index in [0.29, 0.717) is 6.54 Å². The lowest BCUT2D eigenvalue weighted by Crippen LogP contribution is -2.43. The van der Waals surface area contributed by atoms with E-state index in [1.165, 1.54) is 19.3 Å². The zero-order valence-electron chi connectivity index (χ0n) is 17.0. The van der Waals surface area contributed by atoms with Gasteiger partial charge in [0.15, 0.2) is 11.5 Å². The molecule has 1 aliphatic heterocycles. The SMILES string of the molecule is O=C(Nc1cccc2ccccc12)N(Cc1ccc2c(c1)OCO2)C1CCCCC1. The summed E-state index contributed by atoms with van der Waals surface area (Å²) in [6.45, 7) is 0.810. The van der Waals surface area contributed by atoms with Crippen LogP contribution in [0.5, 0.6) is 11.5 Å². The highest BCUT2D eigenvalue weighted by atomic mass is 16.7. The molecule has 0 spiro atoms. The van der Waals surface area contributed by atoms with Crippen LogP contribution in [-0.2, 0) is 6.54 Å². The quantitative estimate of drug-likeness (QED) is 0.588. The van der Waals surface area contributed by atoms with E-state index in [2.05, 4.69) is 17.4 Å². The van der Waals surface area contributed by atoms with Crippen molar-refractivity contribution in [2.75, 3.05) is 12.1 Å². The van der Waals surface area contributed by atoms with Crippen molar-refractivity contribution >= 4 is 22.5 Å². The lowest BCUT2D eigenvalue weighted by molar-refractivity contribution is 0.162. The zero-order chi connectivity index (χ0) is 20.3. The first-order valence-electron chi connectivity index (χ1n) is 10.7. The summed E-state index contributed by atoms with van der Waals surface area (Å²) in [5, 5.41) is 5.36. The van der Waals surface area contributed by atoms with E-state index in [4.69, 9.17) is 9.47 Å². The molecule has 0 unspecified atom stereocenters. The fourth-order valence-electron chi connectivity index (χ4n) is 4.52. The first-order chi connectivity index (χ1) is 14.8. The minimum Gasteiger partial charge on any atom is -0.454 e. The monoisotopic (exact) mass is 402 g/mol. The number of hydrogen-bond acceptors (Lipinski definition) is 3. The molecule has 3 aromatic carbocycles. The summed E-state index contributed by atoms with van der Waals surface area (Å²) in [4.78, 5) is 15.5. The number of carbonyl (C=O) groups is 1. The number of hydrogen-bond donors (Lipinski definition) is 1. The number of nitrogens with one attached hydrogen (secondary N) is 1. The molecule has 0 bridgehead atoms. The van der Waals surface area contributed by atoms with Gasteiger partial charge < -0.3 is 19.7 Å². The number of benzene rings is 3. The smallest absolute Gasteiger partial charge is 0.322 e. The number of carbonyl (C=O) groups excluding carboxylic acids is 1. The minimum absolute atomic E-state index is 0.0454. The van der Waals surface area contributed by atoms with Gasteiger partial charge in [0.1, 0.15) is 0 Å². The molecule has 0 saturated heterocycles. The Bertz CT molecular complexity index is 1050. The van der Waals surface area contributed by atoms with Crippen LogP contribution >= 0.6 is 0 Å². The molecule has 1 aliphatic carbocycles. The van der Waals surface area contributed by atoms with Gasteiger partial charge >= 0.3 is 6.03 Å². The number of urea groups is 1. The van der Waals surface area contributed by atoms with Gasteiger partial charge in [0.05, 0.1) is 5.69 Å². The highest BCUT2D eigenvalue weighted by Crippen LogP contribution is 2.34. The van der Waals surface area contributed by atoms with Crippen LogP contribution in [0.4, 0.5) is 10.5 Å². The third-order valence-corrected chi connectivity index (χ3v) is 6.10. The maximum atomic E-state index is 13.5.